The smallest absolute Gasteiger partial charge is 0.420 e. The molecule has 2 atom stereocenters. The van der Waals surface area contributed by atoms with E-state index in [-0.39, 0.29) is 60.5 Å². The topological polar surface area (TPSA) is 49.8 Å². The Bertz CT molecular complexity index is 1210. The molecule has 0 amide bonds. The number of fused-ring (bicyclic) bond motifs is 3. The van der Waals surface area contributed by atoms with Crippen LogP contribution in [-0.4, -0.2) is 46.9 Å². The minimum Gasteiger partial charge on any atom is -0.490 e. The van der Waals surface area contributed by atoms with Gasteiger partial charge < -0.3 is 9.84 Å². The third-order valence-corrected chi connectivity index (χ3v) is 8.74. The van der Waals surface area contributed by atoms with E-state index in [9.17, 15) is 40.6 Å². The quantitative estimate of drug-likeness (QED) is 0.375. The molecule has 1 aliphatic carbocycles. The van der Waals surface area contributed by atoms with Gasteiger partial charge in [-0.15, -0.1) is 0 Å². The van der Waals surface area contributed by atoms with Gasteiger partial charge in [0.1, 0.15) is 17.1 Å². The van der Waals surface area contributed by atoms with Crippen LogP contribution in [0.5, 0.6) is 5.75 Å². The fourth-order valence-corrected chi connectivity index (χ4v) is 6.73. The van der Waals surface area contributed by atoms with Crippen molar-refractivity contribution >= 4 is 16.7 Å². The molecular formula is C28H30F7NO3. The molecule has 11 heteroatoms. The predicted octanol–water partition coefficient (Wildman–Crippen LogP) is 7.37. The fourth-order valence-electron chi connectivity index (χ4n) is 6.73. The van der Waals surface area contributed by atoms with Gasteiger partial charge in [0, 0.05) is 18.6 Å². The number of hydrogen-bond acceptors (Lipinski definition) is 3. The van der Waals surface area contributed by atoms with E-state index in [0.717, 1.165) is 25.0 Å². The number of carbonyl (C=O) groups is 1. The van der Waals surface area contributed by atoms with Gasteiger partial charge in [0.05, 0.1) is 17.9 Å². The Morgan fingerprint density at radius 1 is 0.949 bits per heavy atom. The van der Waals surface area contributed by atoms with Gasteiger partial charge in [-0.25, -0.2) is 4.39 Å². The van der Waals surface area contributed by atoms with Crippen molar-refractivity contribution in [2.45, 2.75) is 88.3 Å². The zero-order valence-electron chi connectivity index (χ0n) is 21.1. The first kappa shape index (κ1) is 28.0. The third kappa shape index (κ3) is 5.83. The van der Waals surface area contributed by atoms with Crippen molar-refractivity contribution in [1.29, 1.82) is 0 Å². The lowest BCUT2D eigenvalue weighted by molar-refractivity contribution is -0.185. The van der Waals surface area contributed by atoms with Crippen LogP contribution < -0.4 is 4.74 Å². The summed E-state index contributed by atoms with van der Waals surface area (Å²) in [6.07, 6.45) is -7.48. The van der Waals surface area contributed by atoms with Crippen LogP contribution in [0.4, 0.5) is 30.7 Å². The lowest BCUT2D eigenvalue weighted by Crippen LogP contribution is -2.45. The third-order valence-electron chi connectivity index (χ3n) is 8.74. The van der Waals surface area contributed by atoms with Gasteiger partial charge in [-0.3, -0.25) is 9.69 Å². The van der Waals surface area contributed by atoms with Crippen LogP contribution in [0.3, 0.4) is 0 Å². The van der Waals surface area contributed by atoms with E-state index in [1.54, 1.807) is 0 Å². The van der Waals surface area contributed by atoms with Crippen LogP contribution >= 0.6 is 0 Å². The van der Waals surface area contributed by atoms with Crippen LogP contribution in [0.1, 0.15) is 62.5 Å². The molecule has 3 fully saturated rings. The highest BCUT2D eigenvalue weighted by Gasteiger charge is 2.44. The molecule has 1 saturated carbocycles. The Balaban J connectivity index is 1.37. The summed E-state index contributed by atoms with van der Waals surface area (Å²) >= 11 is 0. The van der Waals surface area contributed by atoms with Gasteiger partial charge in [-0.05, 0) is 92.3 Å². The number of alkyl halides is 6. The number of piperidine rings is 1. The summed E-state index contributed by atoms with van der Waals surface area (Å²) in [6.45, 7) is 0.407. The van der Waals surface area contributed by atoms with E-state index in [4.69, 9.17) is 4.74 Å². The first-order valence-corrected chi connectivity index (χ1v) is 13.4. The predicted molar refractivity (Wildman–Crippen MR) is 129 cm³/mol. The normalized spacial score (nSPS) is 28.1. The molecule has 39 heavy (non-hydrogen) atoms. The standard InChI is InChI=1S/C28H30F7NO3/c29-23-14-15-1-8-24(39-21-6-2-18(3-7-21)27(30,31)32)25(28(33,34)35)22(15)13-16(23)9-10-36-19-4-5-20(36)12-17(11-19)26(37)38/h1,8,13-14,17-21H,2-7,9-12H2,(H,37,38)/t17?,18-,19?,20?,21+. The number of halogens is 7. The largest absolute Gasteiger partial charge is 0.490 e. The van der Waals surface area contributed by atoms with E-state index in [2.05, 4.69) is 4.90 Å². The van der Waals surface area contributed by atoms with E-state index in [0.29, 0.717) is 19.4 Å². The van der Waals surface area contributed by atoms with Crippen LogP contribution in [0, 0.1) is 17.7 Å². The molecule has 2 aliphatic heterocycles. The monoisotopic (exact) mass is 561 g/mol. The van der Waals surface area contributed by atoms with Crippen molar-refractivity contribution in [2.24, 2.45) is 11.8 Å². The summed E-state index contributed by atoms with van der Waals surface area (Å²) in [5.41, 5.74) is -0.933. The molecule has 4 nitrogen and oxygen atoms in total. The summed E-state index contributed by atoms with van der Waals surface area (Å²) in [7, 11) is 0. The number of ether oxygens (including phenoxy) is 1. The lowest BCUT2D eigenvalue weighted by Gasteiger charge is -2.37. The number of hydrogen-bond donors (Lipinski definition) is 1. The molecule has 2 bridgehead atoms. The molecule has 0 radical (unpaired) electrons. The number of carboxylic acids is 1. The number of aliphatic carboxylic acids is 1. The summed E-state index contributed by atoms with van der Waals surface area (Å²) < 4.78 is 102. The molecule has 2 heterocycles. The lowest BCUT2D eigenvalue weighted by atomic mass is 9.87. The van der Waals surface area contributed by atoms with Crippen molar-refractivity contribution < 1.29 is 45.4 Å². The SMILES string of the molecule is O=C(O)C1CC2CCC(C1)N2CCc1cc2c(C(F)(F)F)c(O[C@H]3CC[C@@H](C(F)(F)F)CC3)ccc2cc1F. The Morgan fingerprint density at radius 3 is 2.15 bits per heavy atom. The Hall–Kier alpha value is -2.56. The highest BCUT2D eigenvalue weighted by Crippen LogP contribution is 2.45. The van der Waals surface area contributed by atoms with Crippen molar-refractivity contribution in [3.63, 3.8) is 0 Å². The number of nitrogens with zero attached hydrogens (tertiary/aromatic N) is 1. The second-order valence-corrected chi connectivity index (χ2v) is 11.1. The number of benzene rings is 2. The van der Waals surface area contributed by atoms with Gasteiger partial charge in [0.15, 0.2) is 0 Å². The van der Waals surface area contributed by atoms with Gasteiger partial charge in [0.2, 0.25) is 0 Å². The van der Waals surface area contributed by atoms with Crippen molar-refractivity contribution in [2.75, 3.05) is 6.54 Å². The average molecular weight is 562 g/mol. The maximum absolute atomic E-state index is 15.0. The highest BCUT2D eigenvalue weighted by atomic mass is 19.4. The molecule has 2 aromatic carbocycles. The van der Waals surface area contributed by atoms with Gasteiger partial charge >= 0.3 is 18.3 Å². The first-order valence-electron chi connectivity index (χ1n) is 13.4. The zero-order chi connectivity index (χ0) is 28.1. The number of carboxylic acid groups (broad SMARTS) is 1. The maximum Gasteiger partial charge on any atom is 0.420 e. The molecule has 0 aromatic heterocycles. The Kier molecular flexibility index (Phi) is 7.50. The zero-order valence-corrected chi connectivity index (χ0v) is 21.1. The number of rotatable bonds is 6. The highest BCUT2D eigenvalue weighted by molar-refractivity contribution is 5.89. The average Bonchev–Trinajstić information content (AvgIpc) is 3.08. The molecular weight excluding hydrogens is 531 g/mol. The van der Waals surface area contributed by atoms with Crippen LogP contribution in [0.25, 0.3) is 10.8 Å². The molecule has 0 spiro atoms. The minimum atomic E-state index is -4.83. The Morgan fingerprint density at radius 2 is 1.59 bits per heavy atom. The fraction of sp³-hybridized carbons (Fsp3) is 0.607. The second kappa shape index (κ2) is 10.4. The van der Waals surface area contributed by atoms with Crippen molar-refractivity contribution in [3.05, 3.63) is 41.2 Å². The second-order valence-electron chi connectivity index (χ2n) is 11.1. The van der Waals surface area contributed by atoms with Gasteiger partial charge in [-0.2, -0.15) is 26.3 Å². The van der Waals surface area contributed by atoms with Crippen molar-refractivity contribution in [1.82, 2.24) is 4.90 Å². The summed E-state index contributed by atoms with van der Waals surface area (Å²) in [5.74, 6) is -3.79. The molecule has 1 N–H and O–H groups in total. The summed E-state index contributed by atoms with van der Waals surface area (Å²) in [4.78, 5) is 13.6. The van der Waals surface area contributed by atoms with Crippen molar-refractivity contribution in [3.8, 4) is 5.75 Å². The van der Waals surface area contributed by atoms with Gasteiger partial charge in [0.25, 0.3) is 0 Å². The van der Waals surface area contributed by atoms with Crippen LogP contribution in [0.2, 0.25) is 0 Å². The summed E-state index contributed by atoms with van der Waals surface area (Å²) in [5, 5.41) is 9.22. The minimum absolute atomic E-state index is 0.00488. The molecule has 2 saturated heterocycles. The molecule has 2 aromatic rings. The summed E-state index contributed by atoms with van der Waals surface area (Å²) in [6, 6.07) is 4.85. The molecule has 5 rings (SSSR count). The van der Waals surface area contributed by atoms with E-state index >= 15 is 0 Å². The molecule has 3 aliphatic rings. The van der Waals surface area contributed by atoms with Crippen LogP contribution in [-0.2, 0) is 17.4 Å². The van der Waals surface area contributed by atoms with Gasteiger partial charge in [-0.1, -0.05) is 6.07 Å². The van der Waals surface area contributed by atoms with E-state index < -0.39 is 53.4 Å². The molecule has 2 unspecified atom stereocenters. The maximum atomic E-state index is 15.0. The van der Waals surface area contributed by atoms with Crippen LogP contribution in [0.15, 0.2) is 24.3 Å². The van der Waals surface area contributed by atoms with E-state index in [1.165, 1.54) is 12.1 Å². The van der Waals surface area contributed by atoms with E-state index in [1.807, 2.05) is 0 Å². The molecule has 214 valence electrons. The first-order chi connectivity index (χ1) is 18.3. The Labute approximate surface area is 221 Å².